The first kappa shape index (κ1) is 17.7. The van der Waals surface area contributed by atoms with Gasteiger partial charge < -0.3 is 4.90 Å². The Kier molecular flexibility index (Phi) is 5.11. The number of amides is 1. The van der Waals surface area contributed by atoms with E-state index in [2.05, 4.69) is 14.9 Å². The van der Waals surface area contributed by atoms with Crippen LogP contribution in [0.15, 0.2) is 36.8 Å². The first-order valence-electron chi connectivity index (χ1n) is 8.84. The summed E-state index contributed by atoms with van der Waals surface area (Å²) in [5.41, 5.74) is 1.43. The molecule has 3 fully saturated rings. The Morgan fingerprint density at radius 2 is 1.92 bits per heavy atom. The molecule has 7 heteroatoms. The fourth-order valence-electron chi connectivity index (χ4n) is 3.98. The lowest BCUT2D eigenvalue weighted by Crippen LogP contribution is -2.44. The van der Waals surface area contributed by atoms with Crippen molar-refractivity contribution in [2.75, 3.05) is 19.6 Å². The van der Waals surface area contributed by atoms with Gasteiger partial charge in [0, 0.05) is 56.4 Å². The predicted molar refractivity (Wildman–Crippen MR) is 101 cm³/mol. The van der Waals surface area contributed by atoms with Crippen LogP contribution in [0.25, 0.3) is 0 Å². The van der Waals surface area contributed by atoms with Gasteiger partial charge in [-0.15, -0.1) is 0 Å². The van der Waals surface area contributed by atoms with Crippen LogP contribution in [0.1, 0.15) is 28.9 Å². The van der Waals surface area contributed by atoms with E-state index in [1.165, 1.54) is 0 Å². The highest BCUT2D eigenvalue weighted by atomic mass is 35.5. The van der Waals surface area contributed by atoms with Gasteiger partial charge in [0.25, 0.3) is 5.91 Å². The number of nitrogens with zero attached hydrogens (tertiary/aromatic N) is 4. The third-order valence-electron chi connectivity index (χ3n) is 5.31. The molecule has 0 radical (unpaired) electrons. The molecule has 2 bridgehead atoms. The van der Waals surface area contributed by atoms with Crippen molar-refractivity contribution < 1.29 is 4.79 Å². The molecule has 0 spiro atoms. The molecular weight excluding hydrogens is 371 g/mol. The van der Waals surface area contributed by atoms with Crippen molar-refractivity contribution in [2.45, 2.75) is 25.4 Å². The predicted octanol–water partition coefficient (Wildman–Crippen LogP) is 3.52. The maximum atomic E-state index is 12.8. The van der Waals surface area contributed by atoms with E-state index in [9.17, 15) is 4.79 Å². The molecule has 5 rings (SSSR count). The van der Waals surface area contributed by atoms with Gasteiger partial charge in [-0.1, -0.05) is 29.3 Å². The number of carbonyl (C=O) groups is 1. The van der Waals surface area contributed by atoms with Gasteiger partial charge >= 0.3 is 0 Å². The SMILES string of the molecule is O=C(c1ccccn1)N1C[C@@H]2CC[C@H](C1)N(Cc1c(Cl)cncc1Cl)C2. The molecule has 0 unspecified atom stereocenters. The van der Waals surface area contributed by atoms with E-state index >= 15 is 0 Å². The lowest BCUT2D eigenvalue weighted by atomic mass is 9.94. The Morgan fingerprint density at radius 3 is 2.65 bits per heavy atom. The lowest BCUT2D eigenvalue weighted by molar-refractivity contribution is 0.0730. The third kappa shape index (κ3) is 3.56. The quantitative estimate of drug-likeness (QED) is 0.804. The van der Waals surface area contributed by atoms with Crippen LogP contribution in [0.2, 0.25) is 10.0 Å². The molecule has 3 aliphatic heterocycles. The molecule has 2 aromatic rings. The summed E-state index contributed by atoms with van der Waals surface area (Å²) in [5.74, 6) is 0.477. The molecular formula is C19H20Cl2N4O. The number of hydrogen-bond acceptors (Lipinski definition) is 4. The van der Waals surface area contributed by atoms with Crippen molar-refractivity contribution >= 4 is 29.1 Å². The molecule has 1 amide bonds. The number of fused-ring (bicyclic) bond motifs is 4. The Morgan fingerprint density at radius 1 is 1.12 bits per heavy atom. The smallest absolute Gasteiger partial charge is 0.272 e. The van der Waals surface area contributed by atoms with Crippen molar-refractivity contribution in [1.29, 1.82) is 0 Å². The van der Waals surface area contributed by atoms with E-state index in [-0.39, 0.29) is 5.91 Å². The second-order valence-electron chi connectivity index (χ2n) is 7.03. The summed E-state index contributed by atoms with van der Waals surface area (Å²) in [6, 6.07) is 5.77. The van der Waals surface area contributed by atoms with Crippen LogP contribution in [0.4, 0.5) is 0 Å². The first-order chi connectivity index (χ1) is 12.6. The van der Waals surface area contributed by atoms with Crippen molar-refractivity contribution in [3.8, 4) is 0 Å². The fourth-order valence-corrected chi connectivity index (χ4v) is 4.47. The molecule has 3 aliphatic rings. The van der Waals surface area contributed by atoms with E-state index < -0.39 is 0 Å². The molecule has 5 heterocycles. The Hall–Kier alpha value is -1.69. The summed E-state index contributed by atoms with van der Waals surface area (Å²) in [7, 11) is 0. The normalized spacial score (nSPS) is 23.1. The number of halogens is 2. The second-order valence-corrected chi connectivity index (χ2v) is 7.85. The molecule has 26 heavy (non-hydrogen) atoms. The number of pyridine rings is 2. The van der Waals surface area contributed by atoms with E-state index in [0.29, 0.717) is 40.8 Å². The maximum absolute atomic E-state index is 12.8. The number of carbonyl (C=O) groups excluding carboxylic acids is 1. The number of piperidine rings is 1. The highest BCUT2D eigenvalue weighted by Crippen LogP contribution is 2.32. The molecule has 0 aliphatic carbocycles. The second kappa shape index (κ2) is 7.51. The van der Waals surface area contributed by atoms with Crippen LogP contribution in [-0.2, 0) is 6.54 Å². The van der Waals surface area contributed by atoms with E-state index in [0.717, 1.165) is 31.5 Å². The Bertz CT molecular complexity index is 781. The van der Waals surface area contributed by atoms with Gasteiger partial charge in [-0.3, -0.25) is 19.7 Å². The van der Waals surface area contributed by atoms with Gasteiger partial charge in [-0.05, 0) is 30.9 Å². The largest absolute Gasteiger partial charge is 0.335 e. The van der Waals surface area contributed by atoms with Crippen LogP contribution in [0.3, 0.4) is 0 Å². The van der Waals surface area contributed by atoms with Gasteiger partial charge in [0.2, 0.25) is 0 Å². The summed E-state index contributed by atoms with van der Waals surface area (Å²) in [5, 5.41) is 1.19. The number of rotatable bonds is 3. The average molecular weight is 391 g/mol. The molecule has 0 saturated carbocycles. The van der Waals surface area contributed by atoms with E-state index in [1.54, 1.807) is 24.7 Å². The zero-order valence-electron chi connectivity index (χ0n) is 14.3. The molecule has 2 aromatic heterocycles. The topological polar surface area (TPSA) is 49.3 Å². The van der Waals surface area contributed by atoms with Crippen molar-refractivity contribution in [3.63, 3.8) is 0 Å². The van der Waals surface area contributed by atoms with E-state index in [1.807, 2.05) is 17.0 Å². The van der Waals surface area contributed by atoms with Crippen molar-refractivity contribution in [2.24, 2.45) is 5.92 Å². The molecule has 3 saturated heterocycles. The van der Waals surface area contributed by atoms with Crippen LogP contribution < -0.4 is 0 Å². The van der Waals surface area contributed by atoms with Crippen LogP contribution >= 0.6 is 23.2 Å². The summed E-state index contributed by atoms with van der Waals surface area (Å²) in [6.45, 7) is 3.13. The number of aromatic nitrogens is 2. The number of hydrogen-bond donors (Lipinski definition) is 0. The van der Waals surface area contributed by atoms with Gasteiger partial charge in [-0.25, -0.2) is 0 Å². The van der Waals surface area contributed by atoms with Crippen molar-refractivity contribution in [3.05, 3.63) is 58.1 Å². The summed E-state index contributed by atoms with van der Waals surface area (Å²) >= 11 is 12.6. The molecule has 2 atom stereocenters. The van der Waals surface area contributed by atoms with Gasteiger partial charge in [0.05, 0.1) is 10.0 Å². The first-order valence-corrected chi connectivity index (χ1v) is 9.59. The lowest BCUT2D eigenvalue weighted by Gasteiger charge is -2.36. The zero-order valence-corrected chi connectivity index (χ0v) is 15.8. The summed E-state index contributed by atoms with van der Waals surface area (Å²) < 4.78 is 0. The van der Waals surface area contributed by atoms with Crippen LogP contribution in [0, 0.1) is 5.92 Å². The van der Waals surface area contributed by atoms with Gasteiger partial charge in [-0.2, -0.15) is 0 Å². The molecule has 136 valence electrons. The monoisotopic (exact) mass is 390 g/mol. The Labute approximate surface area is 162 Å². The van der Waals surface area contributed by atoms with Gasteiger partial charge in [0.1, 0.15) is 5.69 Å². The fraction of sp³-hybridized carbons (Fsp3) is 0.421. The van der Waals surface area contributed by atoms with Crippen LogP contribution in [-0.4, -0.2) is 51.4 Å². The van der Waals surface area contributed by atoms with E-state index in [4.69, 9.17) is 23.2 Å². The Balaban J connectivity index is 1.53. The highest BCUT2D eigenvalue weighted by Gasteiger charge is 2.37. The molecule has 0 aromatic carbocycles. The van der Waals surface area contributed by atoms with Crippen molar-refractivity contribution in [1.82, 2.24) is 19.8 Å². The zero-order chi connectivity index (χ0) is 18.1. The summed E-state index contributed by atoms with van der Waals surface area (Å²) in [6.07, 6.45) is 7.16. The molecule has 0 N–H and O–H groups in total. The van der Waals surface area contributed by atoms with Gasteiger partial charge in [0.15, 0.2) is 0 Å². The minimum Gasteiger partial charge on any atom is -0.335 e. The maximum Gasteiger partial charge on any atom is 0.272 e. The standard InChI is InChI=1S/C19H20Cl2N4O/c20-16-7-22-8-17(21)15(16)12-24-9-13-4-5-14(24)11-25(10-13)19(26)18-3-1-2-6-23-18/h1-3,6-8,13-14H,4-5,9-12H2/t13-,14-/m1/s1. The summed E-state index contributed by atoms with van der Waals surface area (Å²) in [4.78, 5) is 25.5. The minimum absolute atomic E-state index is 0.0179. The molecule has 5 nitrogen and oxygen atoms in total. The minimum atomic E-state index is 0.0179. The van der Waals surface area contributed by atoms with Crippen LogP contribution in [0.5, 0.6) is 0 Å². The third-order valence-corrected chi connectivity index (χ3v) is 5.96. The highest BCUT2D eigenvalue weighted by molar-refractivity contribution is 6.35. The average Bonchev–Trinajstić information content (AvgIpc) is 2.97.